The van der Waals surface area contributed by atoms with Crippen molar-refractivity contribution in [1.82, 2.24) is 5.32 Å². The lowest BCUT2D eigenvalue weighted by molar-refractivity contribution is -0.117. The molecule has 0 saturated carbocycles. The van der Waals surface area contributed by atoms with Gasteiger partial charge in [-0.05, 0) is 41.5 Å². The largest absolute Gasteiger partial charge is 0.497 e. The van der Waals surface area contributed by atoms with Gasteiger partial charge < -0.3 is 14.8 Å². The van der Waals surface area contributed by atoms with Crippen LogP contribution in [-0.2, 0) is 16.1 Å². The molecule has 2 rings (SSSR count). The molecule has 26 heavy (non-hydrogen) atoms. The van der Waals surface area contributed by atoms with Gasteiger partial charge in [0.2, 0.25) is 0 Å². The minimum Gasteiger partial charge on any atom is -0.497 e. The molecule has 0 unspecified atom stereocenters. The molecule has 6 nitrogen and oxygen atoms in total. The van der Waals surface area contributed by atoms with E-state index in [4.69, 9.17) is 4.74 Å². The van der Waals surface area contributed by atoms with E-state index in [1.54, 1.807) is 43.5 Å². The summed E-state index contributed by atoms with van der Waals surface area (Å²) in [5.41, 5.74) is 1.89. The van der Waals surface area contributed by atoms with Crippen LogP contribution in [0.25, 0.3) is 6.08 Å². The van der Waals surface area contributed by atoms with E-state index in [1.165, 1.54) is 13.2 Å². The van der Waals surface area contributed by atoms with E-state index < -0.39 is 11.9 Å². The molecule has 0 aliphatic carbocycles. The minimum absolute atomic E-state index is 0.0238. The monoisotopic (exact) mass is 350 g/mol. The van der Waals surface area contributed by atoms with Crippen LogP contribution in [0, 0.1) is 11.3 Å². The quantitative estimate of drug-likeness (QED) is 0.492. The van der Waals surface area contributed by atoms with E-state index in [-0.39, 0.29) is 5.57 Å². The number of nitrogens with zero attached hydrogens (tertiary/aromatic N) is 1. The van der Waals surface area contributed by atoms with Crippen LogP contribution in [0.1, 0.15) is 21.5 Å². The third-order valence-electron chi connectivity index (χ3n) is 3.62. The fourth-order valence-corrected chi connectivity index (χ4v) is 2.17. The van der Waals surface area contributed by atoms with E-state index >= 15 is 0 Å². The zero-order valence-electron chi connectivity index (χ0n) is 14.5. The standard InChI is InChI=1S/C20H18N2O4/c1-25-18-9-5-15(6-10-18)13-22-19(23)17(12-21)11-14-3-7-16(8-4-14)20(24)26-2/h3-11H,13H2,1-2H3,(H,22,23)/b17-11-. The molecule has 0 bridgehead atoms. The first-order chi connectivity index (χ1) is 12.6. The van der Waals surface area contributed by atoms with Gasteiger partial charge in [-0.1, -0.05) is 24.3 Å². The smallest absolute Gasteiger partial charge is 0.337 e. The fourth-order valence-electron chi connectivity index (χ4n) is 2.17. The van der Waals surface area contributed by atoms with Gasteiger partial charge in [0.1, 0.15) is 17.4 Å². The Morgan fingerprint density at radius 3 is 2.27 bits per heavy atom. The Labute approximate surface area is 151 Å². The van der Waals surface area contributed by atoms with E-state index in [9.17, 15) is 14.9 Å². The molecule has 0 spiro atoms. The fraction of sp³-hybridized carbons (Fsp3) is 0.150. The van der Waals surface area contributed by atoms with Crippen LogP contribution in [0.5, 0.6) is 5.75 Å². The van der Waals surface area contributed by atoms with Crippen LogP contribution >= 0.6 is 0 Å². The number of benzene rings is 2. The molecule has 2 aromatic rings. The number of nitrogens with one attached hydrogen (secondary N) is 1. The van der Waals surface area contributed by atoms with Crippen molar-refractivity contribution in [3.63, 3.8) is 0 Å². The maximum Gasteiger partial charge on any atom is 0.337 e. The maximum atomic E-state index is 12.2. The average molecular weight is 350 g/mol. The molecule has 1 N–H and O–H groups in total. The Kier molecular flexibility index (Phi) is 6.52. The van der Waals surface area contributed by atoms with Crippen molar-refractivity contribution in [3.05, 3.63) is 70.8 Å². The molecule has 0 fully saturated rings. The summed E-state index contributed by atoms with van der Waals surface area (Å²) >= 11 is 0. The Bertz CT molecular complexity index is 847. The van der Waals surface area contributed by atoms with Crippen LogP contribution in [0.15, 0.2) is 54.1 Å². The summed E-state index contributed by atoms with van der Waals surface area (Å²) in [5.74, 6) is -0.188. The molecule has 0 aromatic heterocycles. The van der Waals surface area contributed by atoms with Gasteiger partial charge in [-0.15, -0.1) is 0 Å². The maximum absolute atomic E-state index is 12.2. The Morgan fingerprint density at radius 1 is 1.08 bits per heavy atom. The number of rotatable bonds is 6. The molecule has 0 aliphatic heterocycles. The highest BCUT2D eigenvalue weighted by atomic mass is 16.5. The number of nitriles is 1. The second-order valence-electron chi connectivity index (χ2n) is 5.31. The molecule has 6 heteroatoms. The summed E-state index contributed by atoms with van der Waals surface area (Å²) in [5, 5.41) is 11.9. The number of hydrogen-bond donors (Lipinski definition) is 1. The summed E-state index contributed by atoms with van der Waals surface area (Å²) in [7, 11) is 2.88. The SMILES string of the molecule is COC(=O)c1ccc(/C=C(/C#N)C(=O)NCc2ccc(OC)cc2)cc1. The van der Waals surface area contributed by atoms with Gasteiger partial charge in [-0.2, -0.15) is 5.26 Å². The van der Waals surface area contributed by atoms with Crippen molar-refractivity contribution in [2.24, 2.45) is 0 Å². The Morgan fingerprint density at radius 2 is 1.73 bits per heavy atom. The average Bonchev–Trinajstić information content (AvgIpc) is 2.70. The van der Waals surface area contributed by atoms with Gasteiger partial charge in [0.15, 0.2) is 0 Å². The highest BCUT2D eigenvalue weighted by Gasteiger charge is 2.10. The number of carbonyl (C=O) groups is 2. The summed E-state index contributed by atoms with van der Waals surface area (Å²) in [6.45, 7) is 0.295. The summed E-state index contributed by atoms with van der Waals surface area (Å²) in [4.78, 5) is 23.6. The van der Waals surface area contributed by atoms with Gasteiger partial charge in [-0.25, -0.2) is 4.79 Å². The van der Waals surface area contributed by atoms with Gasteiger partial charge in [-0.3, -0.25) is 4.79 Å². The molecule has 132 valence electrons. The van der Waals surface area contributed by atoms with Crippen molar-refractivity contribution in [2.75, 3.05) is 14.2 Å². The van der Waals surface area contributed by atoms with Crippen molar-refractivity contribution < 1.29 is 19.1 Å². The minimum atomic E-state index is -0.472. The van der Waals surface area contributed by atoms with Crippen LogP contribution in [0.3, 0.4) is 0 Å². The normalized spacial score (nSPS) is 10.6. The second kappa shape index (κ2) is 9.04. The Balaban J connectivity index is 2.04. The van der Waals surface area contributed by atoms with E-state index in [0.717, 1.165) is 11.3 Å². The van der Waals surface area contributed by atoms with Crippen molar-refractivity contribution in [3.8, 4) is 11.8 Å². The lowest BCUT2D eigenvalue weighted by Gasteiger charge is -2.06. The van der Waals surface area contributed by atoms with Crippen molar-refractivity contribution in [1.29, 1.82) is 5.26 Å². The number of ether oxygens (including phenoxy) is 2. The van der Waals surface area contributed by atoms with E-state index in [0.29, 0.717) is 17.7 Å². The first-order valence-corrected chi connectivity index (χ1v) is 7.78. The number of carbonyl (C=O) groups excluding carboxylic acids is 2. The molecular weight excluding hydrogens is 332 g/mol. The summed E-state index contributed by atoms with van der Waals surface area (Å²) in [6, 6.07) is 15.6. The molecule has 0 aliphatic rings. The highest BCUT2D eigenvalue weighted by Crippen LogP contribution is 2.12. The number of amides is 1. The number of methoxy groups -OCH3 is 2. The molecular formula is C20H18N2O4. The third-order valence-corrected chi connectivity index (χ3v) is 3.62. The first kappa shape index (κ1) is 18.7. The van der Waals surface area contributed by atoms with Crippen LogP contribution < -0.4 is 10.1 Å². The van der Waals surface area contributed by atoms with Gasteiger partial charge in [0.25, 0.3) is 5.91 Å². The molecule has 0 atom stereocenters. The van der Waals surface area contributed by atoms with E-state index in [1.807, 2.05) is 18.2 Å². The topological polar surface area (TPSA) is 88.4 Å². The number of hydrogen-bond acceptors (Lipinski definition) is 5. The molecule has 1 amide bonds. The summed E-state index contributed by atoms with van der Waals surface area (Å²) < 4.78 is 9.71. The zero-order chi connectivity index (χ0) is 18.9. The van der Waals surface area contributed by atoms with Crippen LogP contribution in [0.4, 0.5) is 0 Å². The lowest BCUT2D eigenvalue weighted by Crippen LogP contribution is -2.23. The second-order valence-corrected chi connectivity index (χ2v) is 5.31. The molecule has 0 saturated heterocycles. The van der Waals surface area contributed by atoms with Gasteiger partial charge in [0.05, 0.1) is 19.8 Å². The van der Waals surface area contributed by atoms with Crippen molar-refractivity contribution >= 4 is 18.0 Å². The molecule has 0 radical (unpaired) electrons. The predicted molar refractivity (Wildman–Crippen MR) is 96.2 cm³/mol. The third kappa shape index (κ3) is 4.95. The highest BCUT2D eigenvalue weighted by molar-refractivity contribution is 6.01. The Hall–Kier alpha value is -3.59. The van der Waals surface area contributed by atoms with E-state index in [2.05, 4.69) is 10.1 Å². The van der Waals surface area contributed by atoms with Gasteiger partial charge >= 0.3 is 5.97 Å². The van der Waals surface area contributed by atoms with Crippen LogP contribution in [-0.4, -0.2) is 26.1 Å². The summed E-state index contributed by atoms with van der Waals surface area (Å²) in [6.07, 6.45) is 1.46. The van der Waals surface area contributed by atoms with Gasteiger partial charge in [0, 0.05) is 6.54 Å². The van der Waals surface area contributed by atoms with Crippen molar-refractivity contribution in [2.45, 2.75) is 6.54 Å². The number of esters is 1. The van der Waals surface area contributed by atoms with Crippen LogP contribution in [0.2, 0.25) is 0 Å². The predicted octanol–water partition coefficient (Wildman–Crippen LogP) is 2.71. The molecule has 2 aromatic carbocycles. The first-order valence-electron chi connectivity index (χ1n) is 7.78. The molecule has 0 heterocycles. The lowest BCUT2D eigenvalue weighted by atomic mass is 10.1. The zero-order valence-corrected chi connectivity index (χ0v) is 14.5.